The molecular weight excluding hydrogens is 468 g/mol. The predicted octanol–water partition coefficient (Wildman–Crippen LogP) is 4.44. The fourth-order valence-corrected chi connectivity index (χ4v) is 3.75. The minimum Gasteiger partial charge on any atom is -0.334 e. The molecule has 0 saturated carbocycles. The molecule has 10 heteroatoms. The summed E-state index contributed by atoms with van der Waals surface area (Å²) in [6.45, 7) is 2.55. The van der Waals surface area contributed by atoms with Crippen LogP contribution in [-0.2, 0) is 12.7 Å². The van der Waals surface area contributed by atoms with E-state index in [0.29, 0.717) is 38.2 Å². The molecule has 1 aliphatic heterocycles. The smallest absolute Gasteiger partial charge is 0.334 e. The van der Waals surface area contributed by atoms with Gasteiger partial charge in [0.05, 0.1) is 15.6 Å². The molecule has 0 radical (unpaired) electrons. The predicted molar refractivity (Wildman–Crippen MR) is 106 cm³/mol. The molecule has 0 bridgehead atoms. The molecule has 0 spiro atoms. The quantitative estimate of drug-likeness (QED) is 0.559. The highest BCUT2D eigenvalue weighted by Crippen LogP contribution is 2.29. The molecule has 0 aliphatic carbocycles. The van der Waals surface area contributed by atoms with Gasteiger partial charge in [0, 0.05) is 32.7 Å². The molecule has 0 unspecified atom stereocenters. The van der Waals surface area contributed by atoms with Gasteiger partial charge in [-0.3, -0.25) is 9.69 Å². The zero-order valence-electron chi connectivity index (χ0n) is 15.6. The molecule has 2 heterocycles. The highest BCUT2D eigenvalue weighted by Gasteiger charge is 2.30. The minimum atomic E-state index is -4.35. The minimum absolute atomic E-state index is 0.0817. The number of nitrogens with zero attached hydrogens (tertiary/aromatic N) is 3. The second-order valence-corrected chi connectivity index (χ2v) is 7.96. The first-order chi connectivity index (χ1) is 14.2. The molecule has 1 aliphatic rings. The van der Waals surface area contributed by atoms with Crippen molar-refractivity contribution in [3.8, 4) is 0 Å². The summed E-state index contributed by atoms with van der Waals surface area (Å²) < 4.78 is 52.4. The van der Waals surface area contributed by atoms with Crippen molar-refractivity contribution in [1.82, 2.24) is 19.8 Å². The SMILES string of the molecule is O=C(c1nc2c(F)c(Br)ccc2[nH]1)N1CCN(Cc2ccc(C(F)(F)F)cc2)CC1. The van der Waals surface area contributed by atoms with Gasteiger partial charge in [-0.1, -0.05) is 12.1 Å². The van der Waals surface area contributed by atoms with E-state index in [-0.39, 0.29) is 21.7 Å². The summed E-state index contributed by atoms with van der Waals surface area (Å²) in [4.78, 5) is 23.4. The van der Waals surface area contributed by atoms with Gasteiger partial charge in [0.25, 0.3) is 5.91 Å². The van der Waals surface area contributed by atoms with E-state index in [2.05, 4.69) is 30.8 Å². The standard InChI is InChI=1S/C20H17BrF4N4O/c21-14-5-6-15-17(16(14)22)27-18(26-15)19(30)29-9-7-28(8-10-29)11-12-1-3-13(4-2-12)20(23,24)25/h1-6H,7-11H2,(H,26,27). The normalized spacial score (nSPS) is 15.7. The summed E-state index contributed by atoms with van der Waals surface area (Å²) in [6, 6.07) is 8.30. The van der Waals surface area contributed by atoms with Crippen molar-refractivity contribution in [2.75, 3.05) is 26.2 Å². The number of aromatic nitrogens is 2. The molecule has 0 atom stereocenters. The molecule has 1 N–H and O–H groups in total. The summed E-state index contributed by atoms with van der Waals surface area (Å²) in [7, 11) is 0. The molecular formula is C20H17BrF4N4O. The molecule has 1 aromatic heterocycles. The Balaban J connectivity index is 1.37. The third-order valence-corrected chi connectivity index (χ3v) is 5.71. The Kier molecular flexibility index (Phi) is 5.54. The number of halogens is 5. The van der Waals surface area contributed by atoms with Crippen molar-refractivity contribution in [1.29, 1.82) is 0 Å². The lowest BCUT2D eigenvalue weighted by Crippen LogP contribution is -2.48. The summed E-state index contributed by atoms with van der Waals surface area (Å²) in [6.07, 6.45) is -4.35. The topological polar surface area (TPSA) is 52.2 Å². The lowest BCUT2D eigenvalue weighted by Gasteiger charge is -2.34. The van der Waals surface area contributed by atoms with Crippen LogP contribution in [0.4, 0.5) is 17.6 Å². The molecule has 1 saturated heterocycles. The van der Waals surface area contributed by atoms with Crippen molar-refractivity contribution >= 4 is 32.9 Å². The van der Waals surface area contributed by atoms with Crippen molar-refractivity contribution in [3.05, 3.63) is 63.6 Å². The second-order valence-electron chi connectivity index (χ2n) is 7.11. The van der Waals surface area contributed by atoms with Crippen LogP contribution in [0, 0.1) is 5.82 Å². The van der Waals surface area contributed by atoms with Gasteiger partial charge in [-0.05, 0) is 45.8 Å². The first-order valence-electron chi connectivity index (χ1n) is 9.24. The molecule has 158 valence electrons. The van der Waals surface area contributed by atoms with Crippen LogP contribution in [0.15, 0.2) is 40.9 Å². The van der Waals surface area contributed by atoms with Crippen molar-refractivity contribution in [2.45, 2.75) is 12.7 Å². The Morgan fingerprint density at radius 3 is 2.37 bits per heavy atom. The zero-order valence-corrected chi connectivity index (χ0v) is 17.2. The summed E-state index contributed by atoms with van der Waals surface area (Å²) in [5.41, 5.74) is 0.658. The molecule has 1 fully saturated rings. The van der Waals surface area contributed by atoms with Gasteiger partial charge >= 0.3 is 6.18 Å². The van der Waals surface area contributed by atoms with Gasteiger partial charge in [-0.2, -0.15) is 13.2 Å². The van der Waals surface area contributed by atoms with E-state index < -0.39 is 17.6 Å². The summed E-state index contributed by atoms with van der Waals surface area (Å²) in [5.74, 6) is -0.752. The van der Waals surface area contributed by atoms with Gasteiger partial charge in [-0.15, -0.1) is 0 Å². The van der Waals surface area contributed by atoms with Crippen molar-refractivity contribution < 1.29 is 22.4 Å². The van der Waals surface area contributed by atoms with Gasteiger partial charge < -0.3 is 9.88 Å². The number of carbonyl (C=O) groups is 1. The van der Waals surface area contributed by atoms with Crippen LogP contribution in [0.3, 0.4) is 0 Å². The molecule has 1 amide bonds. The number of rotatable bonds is 3. The number of nitrogens with one attached hydrogen (secondary N) is 1. The fraction of sp³-hybridized carbons (Fsp3) is 0.300. The number of benzene rings is 2. The monoisotopic (exact) mass is 484 g/mol. The van der Waals surface area contributed by atoms with E-state index in [0.717, 1.165) is 17.7 Å². The molecule has 30 heavy (non-hydrogen) atoms. The number of hydrogen-bond donors (Lipinski definition) is 1. The van der Waals surface area contributed by atoms with E-state index in [4.69, 9.17) is 0 Å². The Bertz CT molecular complexity index is 1070. The van der Waals surface area contributed by atoms with Crippen LogP contribution < -0.4 is 0 Å². The first-order valence-corrected chi connectivity index (χ1v) is 10.0. The van der Waals surface area contributed by atoms with Crippen LogP contribution in [-0.4, -0.2) is 51.9 Å². The van der Waals surface area contributed by atoms with E-state index >= 15 is 0 Å². The molecule has 2 aromatic carbocycles. The maximum absolute atomic E-state index is 14.1. The van der Waals surface area contributed by atoms with Crippen LogP contribution in [0.1, 0.15) is 21.7 Å². The van der Waals surface area contributed by atoms with Crippen LogP contribution in [0.25, 0.3) is 11.0 Å². The number of amides is 1. The second kappa shape index (κ2) is 7.99. The summed E-state index contributed by atoms with van der Waals surface area (Å²) >= 11 is 3.10. The number of hydrogen-bond acceptors (Lipinski definition) is 3. The zero-order chi connectivity index (χ0) is 21.5. The first kappa shape index (κ1) is 20.8. The maximum atomic E-state index is 14.1. The van der Waals surface area contributed by atoms with E-state index in [1.165, 1.54) is 12.1 Å². The third kappa shape index (κ3) is 4.20. The third-order valence-electron chi connectivity index (χ3n) is 5.10. The van der Waals surface area contributed by atoms with E-state index in [1.54, 1.807) is 17.0 Å². The number of carbonyl (C=O) groups excluding carboxylic acids is 1. The highest BCUT2D eigenvalue weighted by molar-refractivity contribution is 9.10. The average molecular weight is 485 g/mol. The van der Waals surface area contributed by atoms with Gasteiger partial charge in [-0.25, -0.2) is 9.37 Å². The molecule has 4 rings (SSSR count). The Morgan fingerprint density at radius 2 is 1.73 bits per heavy atom. The highest BCUT2D eigenvalue weighted by atomic mass is 79.9. The maximum Gasteiger partial charge on any atom is 0.416 e. The lowest BCUT2D eigenvalue weighted by atomic mass is 10.1. The number of H-pyrrole nitrogens is 1. The van der Waals surface area contributed by atoms with E-state index in [9.17, 15) is 22.4 Å². The Labute approximate surface area is 177 Å². The van der Waals surface area contributed by atoms with Gasteiger partial charge in [0.15, 0.2) is 11.6 Å². The lowest BCUT2D eigenvalue weighted by molar-refractivity contribution is -0.137. The summed E-state index contributed by atoms with van der Waals surface area (Å²) in [5, 5.41) is 0. The van der Waals surface area contributed by atoms with Gasteiger partial charge in [0.2, 0.25) is 0 Å². The van der Waals surface area contributed by atoms with Gasteiger partial charge in [0.1, 0.15) is 5.52 Å². The number of aromatic amines is 1. The molecule has 3 aromatic rings. The van der Waals surface area contributed by atoms with Crippen molar-refractivity contribution in [3.63, 3.8) is 0 Å². The Hall–Kier alpha value is -2.46. The van der Waals surface area contributed by atoms with Crippen LogP contribution >= 0.6 is 15.9 Å². The van der Waals surface area contributed by atoms with Crippen molar-refractivity contribution in [2.24, 2.45) is 0 Å². The molecule has 5 nitrogen and oxygen atoms in total. The average Bonchev–Trinajstić information content (AvgIpc) is 3.16. The number of fused-ring (bicyclic) bond motifs is 1. The number of imidazole rings is 1. The largest absolute Gasteiger partial charge is 0.416 e. The Morgan fingerprint density at radius 1 is 1.07 bits per heavy atom. The number of alkyl halides is 3. The van der Waals surface area contributed by atoms with E-state index in [1.807, 2.05) is 0 Å². The van der Waals surface area contributed by atoms with Crippen LogP contribution in [0.2, 0.25) is 0 Å². The number of piperazine rings is 1. The van der Waals surface area contributed by atoms with Crippen LogP contribution in [0.5, 0.6) is 0 Å². The fourth-order valence-electron chi connectivity index (χ4n) is 3.43.